The zero-order chi connectivity index (χ0) is 17.9. The maximum atomic E-state index is 13.0. The molecule has 4 nitrogen and oxygen atoms in total. The number of benzene rings is 2. The van der Waals surface area contributed by atoms with E-state index in [1.54, 1.807) is 55.6 Å². The molecule has 0 radical (unpaired) electrons. The average Bonchev–Trinajstić information content (AvgIpc) is 2.54. The third kappa shape index (κ3) is 3.95. The molecule has 0 saturated carbocycles. The van der Waals surface area contributed by atoms with Crippen molar-refractivity contribution >= 4 is 23.4 Å². The second kappa shape index (κ2) is 7.05. The first-order valence-corrected chi connectivity index (χ1v) is 8.03. The van der Waals surface area contributed by atoms with Crippen molar-refractivity contribution in [1.82, 2.24) is 10.0 Å². The predicted octanol–water partition coefficient (Wildman–Crippen LogP) is 4.27. The third-order valence-corrected chi connectivity index (χ3v) is 3.79. The Morgan fingerprint density at radius 3 is 1.83 bits per heavy atom. The number of hydrogen-bond donors (Lipinski definition) is 0. The molecule has 0 saturated heterocycles. The average molecular weight is 345 g/mol. The Labute approximate surface area is 147 Å². The highest BCUT2D eigenvalue weighted by Gasteiger charge is 2.33. The van der Waals surface area contributed by atoms with Crippen LogP contribution in [0.3, 0.4) is 0 Å². The van der Waals surface area contributed by atoms with Crippen molar-refractivity contribution in [3.63, 3.8) is 0 Å². The third-order valence-electron chi connectivity index (χ3n) is 3.53. The number of hydrazine groups is 1. The Morgan fingerprint density at radius 2 is 1.33 bits per heavy atom. The summed E-state index contributed by atoms with van der Waals surface area (Å²) in [4.78, 5) is 25.7. The zero-order valence-corrected chi connectivity index (χ0v) is 15.0. The van der Waals surface area contributed by atoms with Crippen LogP contribution in [0.2, 0.25) is 5.02 Å². The van der Waals surface area contributed by atoms with E-state index in [1.165, 1.54) is 10.0 Å². The molecule has 0 N–H and O–H groups in total. The molecular formula is C19H21ClN2O2. The lowest BCUT2D eigenvalue weighted by atomic mass is 10.1. The maximum absolute atomic E-state index is 13.0. The molecule has 2 aromatic carbocycles. The number of nitrogens with zero attached hydrogens (tertiary/aromatic N) is 2. The Kier molecular flexibility index (Phi) is 5.30. The molecule has 0 aromatic heterocycles. The quantitative estimate of drug-likeness (QED) is 0.763. The van der Waals surface area contributed by atoms with Crippen LogP contribution in [0.15, 0.2) is 54.6 Å². The van der Waals surface area contributed by atoms with Gasteiger partial charge in [-0.2, -0.15) is 0 Å². The minimum absolute atomic E-state index is 0.243. The first-order chi connectivity index (χ1) is 11.2. The summed E-state index contributed by atoms with van der Waals surface area (Å²) in [7, 11) is 1.61. The van der Waals surface area contributed by atoms with Crippen LogP contribution in [-0.4, -0.2) is 34.4 Å². The van der Waals surface area contributed by atoms with Gasteiger partial charge in [0, 0.05) is 23.2 Å². The second-order valence-electron chi connectivity index (χ2n) is 6.49. The van der Waals surface area contributed by atoms with Crippen LogP contribution >= 0.6 is 11.6 Å². The molecule has 2 amide bonds. The first kappa shape index (κ1) is 18.0. The van der Waals surface area contributed by atoms with Crippen LogP contribution < -0.4 is 0 Å². The van der Waals surface area contributed by atoms with E-state index in [-0.39, 0.29) is 11.8 Å². The number of hydrogen-bond acceptors (Lipinski definition) is 2. The molecule has 2 aromatic rings. The largest absolute Gasteiger partial charge is 0.272 e. The fourth-order valence-corrected chi connectivity index (χ4v) is 2.59. The van der Waals surface area contributed by atoms with Gasteiger partial charge in [-0.05, 0) is 57.2 Å². The molecule has 0 aliphatic rings. The van der Waals surface area contributed by atoms with Crippen LogP contribution in [0.25, 0.3) is 0 Å². The van der Waals surface area contributed by atoms with Crippen LogP contribution in [0, 0.1) is 0 Å². The van der Waals surface area contributed by atoms with Crippen molar-refractivity contribution in [3.05, 3.63) is 70.7 Å². The molecule has 2 rings (SSSR count). The molecule has 0 atom stereocenters. The standard InChI is InChI=1S/C19H21ClN2O2/c1-19(2,3)22(18(24)15-10-12-16(20)13-11-15)21(4)17(23)14-8-6-5-7-9-14/h5-13H,1-4H3. The van der Waals surface area contributed by atoms with Gasteiger partial charge >= 0.3 is 0 Å². The van der Waals surface area contributed by atoms with Crippen molar-refractivity contribution in [1.29, 1.82) is 0 Å². The van der Waals surface area contributed by atoms with E-state index in [9.17, 15) is 9.59 Å². The van der Waals surface area contributed by atoms with Crippen molar-refractivity contribution in [3.8, 4) is 0 Å². The van der Waals surface area contributed by atoms with Gasteiger partial charge in [-0.3, -0.25) is 9.59 Å². The van der Waals surface area contributed by atoms with E-state index in [0.29, 0.717) is 16.1 Å². The van der Waals surface area contributed by atoms with Gasteiger partial charge < -0.3 is 0 Å². The van der Waals surface area contributed by atoms with E-state index in [1.807, 2.05) is 26.8 Å². The van der Waals surface area contributed by atoms with Gasteiger partial charge in [0.1, 0.15) is 0 Å². The summed E-state index contributed by atoms with van der Waals surface area (Å²) in [6.45, 7) is 5.65. The van der Waals surface area contributed by atoms with Gasteiger partial charge in [0.05, 0.1) is 5.54 Å². The van der Waals surface area contributed by atoms with Gasteiger partial charge in [-0.15, -0.1) is 0 Å². The summed E-state index contributed by atoms with van der Waals surface area (Å²) in [5.41, 5.74) is 0.427. The minimum Gasteiger partial charge on any atom is -0.267 e. The molecule has 0 heterocycles. The normalized spacial score (nSPS) is 11.0. The highest BCUT2D eigenvalue weighted by atomic mass is 35.5. The van der Waals surface area contributed by atoms with Gasteiger partial charge in [0.15, 0.2) is 0 Å². The molecule has 0 spiro atoms. The van der Waals surface area contributed by atoms with Crippen molar-refractivity contribution in [2.24, 2.45) is 0 Å². The van der Waals surface area contributed by atoms with E-state index in [0.717, 1.165) is 0 Å². The topological polar surface area (TPSA) is 40.6 Å². The molecule has 0 aliphatic heterocycles. The van der Waals surface area contributed by atoms with Gasteiger partial charge in [0.2, 0.25) is 0 Å². The van der Waals surface area contributed by atoms with Crippen molar-refractivity contribution in [2.75, 3.05) is 7.05 Å². The molecule has 0 unspecified atom stereocenters. The van der Waals surface area contributed by atoms with Crippen LogP contribution in [-0.2, 0) is 0 Å². The molecule has 126 valence electrons. The Morgan fingerprint density at radius 1 is 0.833 bits per heavy atom. The van der Waals surface area contributed by atoms with E-state index in [2.05, 4.69) is 0 Å². The molecule has 24 heavy (non-hydrogen) atoms. The van der Waals surface area contributed by atoms with Crippen LogP contribution in [0.4, 0.5) is 0 Å². The summed E-state index contributed by atoms with van der Waals surface area (Å²) in [6.07, 6.45) is 0. The van der Waals surface area contributed by atoms with Gasteiger partial charge in [0.25, 0.3) is 11.8 Å². The molecule has 0 fully saturated rings. The van der Waals surface area contributed by atoms with Gasteiger partial charge in [-0.1, -0.05) is 29.8 Å². The second-order valence-corrected chi connectivity index (χ2v) is 6.93. The lowest BCUT2D eigenvalue weighted by Gasteiger charge is -2.41. The minimum atomic E-state index is -0.574. The highest BCUT2D eigenvalue weighted by molar-refractivity contribution is 6.30. The lowest BCUT2D eigenvalue weighted by molar-refractivity contribution is -0.0308. The monoisotopic (exact) mass is 344 g/mol. The Hall–Kier alpha value is -2.33. The number of halogens is 1. The predicted molar refractivity (Wildman–Crippen MR) is 95.9 cm³/mol. The molecule has 5 heteroatoms. The molecular weight excluding hydrogens is 324 g/mol. The summed E-state index contributed by atoms with van der Waals surface area (Å²) in [5, 5.41) is 3.39. The number of carbonyl (C=O) groups excluding carboxylic acids is 2. The summed E-state index contributed by atoms with van der Waals surface area (Å²) < 4.78 is 0. The summed E-state index contributed by atoms with van der Waals surface area (Å²) >= 11 is 5.89. The smallest absolute Gasteiger partial charge is 0.267 e. The van der Waals surface area contributed by atoms with Crippen LogP contribution in [0.5, 0.6) is 0 Å². The van der Waals surface area contributed by atoms with Crippen molar-refractivity contribution in [2.45, 2.75) is 26.3 Å². The SMILES string of the molecule is CN(C(=O)c1ccccc1)N(C(=O)c1ccc(Cl)cc1)C(C)(C)C. The maximum Gasteiger partial charge on any atom is 0.272 e. The molecule has 0 bridgehead atoms. The molecule has 0 aliphatic carbocycles. The number of carbonyl (C=O) groups is 2. The van der Waals surface area contributed by atoms with E-state index in [4.69, 9.17) is 11.6 Å². The van der Waals surface area contributed by atoms with Crippen molar-refractivity contribution < 1.29 is 9.59 Å². The Balaban J connectivity index is 2.36. The van der Waals surface area contributed by atoms with Gasteiger partial charge in [-0.25, -0.2) is 10.0 Å². The first-order valence-electron chi connectivity index (χ1n) is 7.65. The summed E-state index contributed by atoms with van der Waals surface area (Å²) in [5.74, 6) is -0.501. The Bertz CT molecular complexity index is 721. The number of amides is 2. The van der Waals surface area contributed by atoms with E-state index >= 15 is 0 Å². The number of rotatable bonds is 2. The fourth-order valence-electron chi connectivity index (χ4n) is 2.46. The summed E-state index contributed by atoms with van der Waals surface area (Å²) in [6, 6.07) is 15.5. The van der Waals surface area contributed by atoms with Crippen LogP contribution in [0.1, 0.15) is 41.5 Å². The highest BCUT2D eigenvalue weighted by Crippen LogP contribution is 2.22. The lowest BCUT2D eigenvalue weighted by Crippen LogP contribution is -2.56. The zero-order valence-electron chi connectivity index (χ0n) is 14.3. The van der Waals surface area contributed by atoms with E-state index < -0.39 is 5.54 Å². The fraction of sp³-hybridized carbons (Fsp3) is 0.263.